The third-order valence-corrected chi connectivity index (χ3v) is 4.24. The van der Waals surface area contributed by atoms with Crippen molar-refractivity contribution in [1.29, 1.82) is 0 Å². The second kappa shape index (κ2) is 3.96. The first-order chi connectivity index (χ1) is 8.93. The van der Waals surface area contributed by atoms with E-state index in [-0.39, 0.29) is 0 Å². The van der Waals surface area contributed by atoms with E-state index in [1.54, 1.807) is 5.92 Å². The quantitative estimate of drug-likeness (QED) is 0.797. The lowest BCUT2D eigenvalue weighted by atomic mass is 9.89. The van der Waals surface area contributed by atoms with E-state index in [4.69, 9.17) is 0 Å². The predicted octanol–water partition coefficient (Wildman–Crippen LogP) is 3.40. The number of rotatable bonds is 1. The molecule has 0 saturated heterocycles. The summed E-state index contributed by atoms with van der Waals surface area (Å²) < 4.78 is 0. The molecule has 0 aromatic heterocycles. The monoisotopic (exact) mass is 234 g/mol. The Morgan fingerprint density at radius 3 is 2.56 bits per heavy atom. The van der Waals surface area contributed by atoms with Gasteiger partial charge < -0.3 is 5.32 Å². The predicted molar refractivity (Wildman–Crippen MR) is 73.1 cm³/mol. The first kappa shape index (κ1) is 10.3. The second-order valence-corrected chi connectivity index (χ2v) is 5.20. The van der Waals surface area contributed by atoms with E-state index in [9.17, 15) is 0 Å². The molecule has 1 aliphatic heterocycles. The van der Waals surface area contributed by atoms with E-state index in [1.165, 1.54) is 35.1 Å². The molecule has 2 aromatic carbocycles. The zero-order valence-corrected chi connectivity index (χ0v) is 10.3. The van der Waals surface area contributed by atoms with Gasteiger partial charge in [-0.1, -0.05) is 48.5 Å². The molecule has 1 heterocycles. The van der Waals surface area contributed by atoms with E-state index >= 15 is 0 Å². The zero-order valence-electron chi connectivity index (χ0n) is 10.3. The summed E-state index contributed by atoms with van der Waals surface area (Å²) >= 11 is 0. The third-order valence-electron chi connectivity index (χ3n) is 4.24. The van der Waals surface area contributed by atoms with E-state index < -0.39 is 0 Å². The van der Waals surface area contributed by atoms with Gasteiger partial charge in [0.05, 0.1) is 0 Å². The Balaban J connectivity index is 1.75. The molecule has 0 fully saturated rings. The van der Waals surface area contributed by atoms with Gasteiger partial charge in [-0.05, 0) is 35.1 Å². The number of benzene rings is 2. The summed E-state index contributed by atoms with van der Waals surface area (Å²) in [6.07, 6.45) is 2.40. The SMILES string of the molecule is c1ccc2c(c1)CC[C]2C1NCc2ccccc21. The van der Waals surface area contributed by atoms with Crippen LogP contribution in [0.1, 0.15) is 34.7 Å². The summed E-state index contributed by atoms with van der Waals surface area (Å²) in [5, 5.41) is 3.67. The van der Waals surface area contributed by atoms with Gasteiger partial charge in [0.1, 0.15) is 0 Å². The van der Waals surface area contributed by atoms with Crippen LogP contribution in [-0.4, -0.2) is 0 Å². The second-order valence-electron chi connectivity index (χ2n) is 5.20. The standard InChI is InChI=1S/C17H16N/c1-3-7-14-12(5-1)9-10-16(14)17-15-8-4-2-6-13(15)11-18-17/h1-8,17-18H,9-11H2. The Kier molecular flexibility index (Phi) is 2.27. The average molecular weight is 234 g/mol. The molecule has 0 spiro atoms. The smallest absolute Gasteiger partial charge is 0.0433 e. The fourth-order valence-electron chi connectivity index (χ4n) is 3.37. The van der Waals surface area contributed by atoms with E-state index in [0.29, 0.717) is 6.04 Å². The lowest BCUT2D eigenvalue weighted by molar-refractivity contribution is 0.591. The van der Waals surface area contributed by atoms with Gasteiger partial charge in [-0.2, -0.15) is 0 Å². The molecule has 89 valence electrons. The first-order valence-electron chi connectivity index (χ1n) is 6.68. The average Bonchev–Trinajstić information content (AvgIpc) is 3.01. The molecule has 1 aliphatic carbocycles. The molecule has 0 bridgehead atoms. The minimum atomic E-state index is 0.435. The lowest BCUT2D eigenvalue weighted by Gasteiger charge is -2.20. The topological polar surface area (TPSA) is 12.0 Å². The molecule has 18 heavy (non-hydrogen) atoms. The molecule has 1 N–H and O–H groups in total. The number of nitrogens with one attached hydrogen (secondary N) is 1. The summed E-state index contributed by atoms with van der Waals surface area (Å²) in [5.74, 6) is 1.58. The van der Waals surface area contributed by atoms with Gasteiger partial charge in [-0.15, -0.1) is 0 Å². The highest BCUT2D eigenvalue weighted by Crippen LogP contribution is 2.43. The Labute approximate surface area is 108 Å². The van der Waals surface area contributed by atoms with Crippen molar-refractivity contribution in [1.82, 2.24) is 5.32 Å². The highest BCUT2D eigenvalue weighted by Gasteiger charge is 2.34. The van der Waals surface area contributed by atoms with Gasteiger partial charge in [0, 0.05) is 18.5 Å². The van der Waals surface area contributed by atoms with Gasteiger partial charge in [0.15, 0.2) is 0 Å². The fourth-order valence-corrected chi connectivity index (χ4v) is 3.37. The number of aryl methyl sites for hydroxylation is 1. The Morgan fingerprint density at radius 2 is 1.61 bits per heavy atom. The maximum atomic E-state index is 3.67. The highest BCUT2D eigenvalue weighted by atomic mass is 14.9. The van der Waals surface area contributed by atoms with Crippen molar-refractivity contribution < 1.29 is 0 Å². The minimum Gasteiger partial charge on any atom is -0.305 e. The van der Waals surface area contributed by atoms with Crippen molar-refractivity contribution in [2.45, 2.75) is 25.4 Å². The molecule has 1 nitrogen and oxygen atoms in total. The van der Waals surface area contributed by atoms with Crippen LogP contribution in [0, 0.1) is 5.92 Å². The molecular formula is C17H16N. The summed E-state index contributed by atoms with van der Waals surface area (Å²) in [6.45, 7) is 1.01. The third kappa shape index (κ3) is 1.44. The summed E-state index contributed by atoms with van der Waals surface area (Å²) in [6, 6.07) is 18.1. The lowest BCUT2D eigenvalue weighted by Crippen LogP contribution is -2.19. The first-order valence-corrected chi connectivity index (χ1v) is 6.68. The fraction of sp³-hybridized carbons (Fsp3) is 0.235. The normalized spacial score (nSPS) is 21.9. The molecular weight excluding hydrogens is 218 g/mol. The largest absolute Gasteiger partial charge is 0.305 e. The van der Waals surface area contributed by atoms with Crippen LogP contribution in [-0.2, 0) is 13.0 Å². The van der Waals surface area contributed by atoms with Crippen LogP contribution in [0.4, 0.5) is 0 Å². The summed E-state index contributed by atoms with van der Waals surface area (Å²) in [4.78, 5) is 0. The van der Waals surface area contributed by atoms with Crippen LogP contribution in [0.3, 0.4) is 0 Å². The minimum absolute atomic E-state index is 0.435. The Morgan fingerprint density at radius 1 is 0.833 bits per heavy atom. The molecule has 0 saturated carbocycles. The van der Waals surface area contributed by atoms with Crippen molar-refractivity contribution in [2.75, 3.05) is 0 Å². The van der Waals surface area contributed by atoms with Crippen molar-refractivity contribution in [3.63, 3.8) is 0 Å². The van der Waals surface area contributed by atoms with Crippen molar-refractivity contribution in [3.05, 3.63) is 76.7 Å². The van der Waals surface area contributed by atoms with E-state index in [1.807, 2.05) is 0 Å². The van der Waals surface area contributed by atoms with Crippen LogP contribution in [0.2, 0.25) is 0 Å². The number of hydrogen-bond donors (Lipinski definition) is 1. The summed E-state index contributed by atoms with van der Waals surface area (Å²) in [5.41, 5.74) is 5.92. The van der Waals surface area contributed by atoms with Gasteiger partial charge in [0.2, 0.25) is 0 Å². The molecule has 2 aromatic rings. The van der Waals surface area contributed by atoms with Gasteiger partial charge in [-0.25, -0.2) is 0 Å². The molecule has 1 radical (unpaired) electrons. The van der Waals surface area contributed by atoms with Crippen LogP contribution >= 0.6 is 0 Å². The van der Waals surface area contributed by atoms with E-state index in [0.717, 1.165) is 6.54 Å². The molecule has 2 aliphatic rings. The number of fused-ring (bicyclic) bond motifs is 2. The van der Waals surface area contributed by atoms with Crippen LogP contribution < -0.4 is 5.32 Å². The Hall–Kier alpha value is -1.60. The molecule has 4 rings (SSSR count). The molecule has 0 amide bonds. The zero-order chi connectivity index (χ0) is 11.9. The maximum Gasteiger partial charge on any atom is 0.0433 e. The van der Waals surface area contributed by atoms with Crippen molar-refractivity contribution in [3.8, 4) is 0 Å². The maximum absolute atomic E-state index is 3.67. The van der Waals surface area contributed by atoms with Crippen molar-refractivity contribution >= 4 is 0 Å². The van der Waals surface area contributed by atoms with Gasteiger partial charge in [0.25, 0.3) is 0 Å². The van der Waals surface area contributed by atoms with Crippen LogP contribution in [0.25, 0.3) is 0 Å². The van der Waals surface area contributed by atoms with E-state index in [2.05, 4.69) is 53.8 Å². The molecule has 1 atom stereocenters. The molecule has 1 heteroatoms. The van der Waals surface area contributed by atoms with Crippen LogP contribution in [0.5, 0.6) is 0 Å². The molecule has 1 unspecified atom stereocenters. The van der Waals surface area contributed by atoms with Gasteiger partial charge >= 0.3 is 0 Å². The highest BCUT2D eigenvalue weighted by molar-refractivity contribution is 5.50. The van der Waals surface area contributed by atoms with Gasteiger partial charge in [-0.3, -0.25) is 0 Å². The van der Waals surface area contributed by atoms with Crippen LogP contribution in [0.15, 0.2) is 48.5 Å². The van der Waals surface area contributed by atoms with Crippen molar-refractivity contribution in [2.24, 2.45) is 0 Å². The number of hydrogen-bond acceptors (Lipinski definition) is 1. The summed E-state index contributed by atoms with van der Waals surface area (Å²) in [7, 11) is 0. The Bertz CT molecular complexity index is 534.